The molecular formula is C23H30N2O5. The third-order valence-electron chi connectivity index (χ3n) is 5.48. The standard InChI is InChI=1S/C23H30N2O5/c1-4-30-22(28)21-17(13-29-9-8-24)25-16-11-23(2,3)12-18(27)20(16)19(21)14-6-5-7-15(26)10-14/h5-7,10,19-20,26H,4,8-9,11-13,24H2,1-3H3. The molecular weight excluding hydrogens is 384 g/mol. The second kappa shape index (κ2) is 9.10. The summed E-state index contributed by atoms with van der Waals surface area (Å²) in [6, 6.07) is 6.68. The molecule has 1 aromatic carbocycles. The summed E-state index contributed by atoms with van der Waals surface area (Å²) >= 11 is 0. The van der Waals surface area contributed by atoms with E-state index in [-0.39, 0.29) is 30.2 Å². The Morgan fingerprint density at radius 3 is 2.73 bits per heavy atom. The maximum Gasteiger partial charge on any atom is 0.336 e. The van der Waals surface area contributed by atoms with Crippen LogP contribution in [0.1, 0.15) is 45.1 Å². The molecule has 0 bridgehead atoms. The Morgan fingerprint density at radius 2 is 2.07 bits per heavy atom. The van der Waals surface area contributed by atoms with Gasteiger partial charge in [-0.25, -0.2) is 4.79 Å². The average Bonchev–Trinajstić information content (AvgIpc) is 2.66. The van der Waals surface area contributed by atoms with Crippen LogP contribution in [0.2, 0.25) is 0 Å². The highest BCUT2D eigenvalue weighted by atomic mass is 16.5. The summed E-state index contributed by atoms with van der Waals surface area (Å²) < 4.78 is 11.0. The van der Waals surface area contributed by atoms with Gasteiger partial charge in [0, 0.05) is 24.6 Å². The number of ether oxygens (including phenoxy) is 2. The van der Waals surface area contributed by atoms with Gasteiger partial charge in [0.15, 0.2) is 0 Å². The van der Waals surface area contributed by atoms with Crippen molar-refractivity contribution in [1.82, 2.24) is 0 Å². The molecule has 0 amide bonds. The minimum atomic E-state index is -0.580. The zero-order valence-electron chi connectivity index (χ0n) is 17.8. The molecule has 2 unspecified atom stereocenters. The molecule has 1 aliphatic heterocycles. The van der Waals surface area contributed by atoms with Crippen LogP contribution in [0.5, 0.6) is 5.75 Å². The van der Waals surface area contributed by atoms with Crippen LogP contribution in [0, 0.1) is 11.3 Å². The maximum atomic E-state index is 13.2. The van der Waals surface area contributed by atoms with E-state index in [2.05, 4.69) is 0 Å². The number of phenols is 1. The number of aliphatic imine (C=N–C) groups is 1. The molecule has 1 heterocycles. The first-order chi connectivity index (χ1) is 14.3. The zero-order valence-corrected chi connectivity index (χ0v) is 17.8. The van der Waals surface area contributed by atoms with E-state index in [4.69, 9.17) is 20.2 Å². The number of hydrogen-bond acceptors (Lipinski definition) is 7. The van der Waals surface area contributed by atoms with Crippen LogP contribution in [-0.4, -0.2) is 48.9 Å². The van der Waals surface area contributed by atoms with Crippen LogP contribution in [0.15, 0.2) is 40.5 Å². The molecule has 1 aliphatic carbocycles. The van der Waals surface area contributed by atoms with E-state index in [9.17, 15) is 14.7 Å². The molecule has 0 saturated heterocycles. The van der Waals surface area contributed by atoms with Gasteiger partial charge in [-0.15, -0.1) is 0 Å². The molecule has 2 aliphatic rings. The fourth-order valence-corrected chi connectivity index (χ4v) is 4.39. The van der Waals surface area contributed by atoms with Gasteiger partial charge in [0.1, 0.15) is 11.5 Å². The number of phenolic OH excluding ortho intramolecular Hbond substituents is 1. The Bertz CT molecular complexity index is 887. The van der Waals surface area contributed by atoms with E-state index in [1.54, 1.807) is 25.1 Å². The zero-order chi connectivity index (χ0) is 21.9. The van der Waals surface area contributed by atoms with Crippen molar-refractivity contribution in [3.05, 3.63) is 41.1 Å². The number of nitrogens with two attached hydrogens (primary N) is 1. The first kappa shape index (κ1) is 22.2. The number of carbonyl (C=O) groups excluding carboxylic acids is 2. The predicted molar refractivity (Wildman–Crippen MR) is 113 cm³/mol. The van der Waals surface area contributed by atoms with Gasteiger partial charge in [-0.2, -0.15) is 0 Å². The van der Waals surface area contributed by atoms with Crippen LogP contribution in [0.25, 0.3) is 0 Å². The number of aromatic hydroxyl groups is 1. The largest absolute Gasteiger partial charge is 0.508 e. The van der Waals surface area contributed by atoms with Crippen molar-refractivity contribution in [3.63, 3.8) is 0 Å². The van der Waals surface area contributed by atoms with E-state index in [1.807, 2.05) is 19.9 Å². The van der Waals surface area contributed by atoms with Crippen molar-refractivity contribution < 1.29 is 24.2 Å². The van der Waals surface area contributed by atoms with E-state index in [0.29, 0.717) is 42.8 Å². The molecule has 7 nitrogen and oxygen atoms in total. The molecule has 1 saturated carbocycles. The monoisotopic (exact) mass is 414 g/mol. The second-order valence-electron chi connectivity index (χ2n) is 8.56. The molecule has 0 spiro atoms. The van der Waals surface area contributed by atoms with E-state index < -0.39 is 17.8 Å². The molecule has 7 heteroatoms. The number of benzene rings is 1. The first-order valence-corrected chi connectivity index (χ1v) is 10.3. The minimum Gasteiger partial charge on any atom is -0.508 e. The second-order valence-corrected chi connectivity index (χ2v) is 8.56. The Hall–Kier alpha value is -2.51. The van der Waals surface area contributed by atoms with Gasteiger partial charge in [-0.05, 0) is 36.5 Å². The Kier molecular flexibility index (Phi) is 6.73. The van der Waals surface area contributed by atoms with Gasteiger partial charge in [0.2, 0.25) is 0 Å². The fourth-order valence-electron chi connectivity index (χ4n) is 4.39. The summed E-state index contributed by atoms with van der Waals surface area (Å²) in [6.07, 6.45) is 1.05. The summed E-state index contributed by atoms with van der Waals surface area (Å²) in [5, 5.41) is 10.1. The first-order valence-electron chi connectivity index (χ1n) is 10.3. The third kappa shape index (κ3) is 4.63. The van der Waals surface area contributed by atoms with E-state index in [0.717, 1.165) is 5.71 Å². The van der Waals surface area contributed by atoms with Gasteiger partial charge >= 0.3 is 5.97 Å². The van der Waals surface area contributed by atoms with Gasteiger partial charge in [-0.3, -0.25) is 9.79 Å². The molecule has 3 rings (SSSR count). The minimum absolute atomic E-state index is 0.0436. The summed E-state index contributed by atoms with van der Waals surface area (Å²) in [4.78, 5) is 31.0. The molecule has 30 heavy (non-hydrogen) atoms. The van der Waals surface area contributed by atoms with Gasteiger partial charge in [0.05, 0.1) is 37.0 Å². The fraction of sp³-hybridized carbons (Fsp3) is 0.522. The number of carbonyl (C=O) groups is 2. The number of esters is 1. The van der Waals surface area contributed by atoms with Crippen molar-refractivity contribution in [1.29, 1.82) is 0 Å². The lowest BCUT2D eigenvalue weighted by atomic mass is 9.63. The number of nitrogens with zero attached hydrogens (tertiary/aromatic N) is 1. The van der Waals surface area contributed by atoms with Crippen LogP contribution < -0.4 is 5.73 Å². The third-order valence-corrected chi connectivity index (χ3v) is 5.48. The number of Topliss-reactive ketones (excluding diaryl/α,β-unsaturated/α-hetero) is 1. The quantitative estimate of drug-likeness (QED) is 0.524. The number of ketones is 1. The highest BCUT2D eigenvalue weighted by Gasteiger charge is 2.48. The summed E-state index contributed by atoms with van der Waals surface area (Å²) in [5.41, 5.74) is 7.55. The summed E-state index contributed by atoms with van der Waals surface area (Å²) in [6.45, 7) is 6.81. The lowest BCUT2D eigenvalue weighted by molar-refractivity contribution is -0.139. The van der Waals surface area contributed by atoms with E-state index >= 15 is 0 Å². The van der Waals surface area contributed by atoms with Crippen LogP contribution in [-0.2, 0) is 19.1 Å². The number of hydrogen-bond donors (Lipinski definition) is 2. The molecule has 1 fully saturated rings. The van der Waals surface area contributed by atoms with Crippen molar-refractivity contribution in [2.24, 2.45) is 22.1 Å². The maximum absolute atomic E-state index is 13.2. The molecule has 0 aromatic heterocycles. The summed E-state index contributed by atoms with van der Waals surface area (Å²) in [7, 11) is 0. The van der Waals surface area contributed by atoms with Crippen molar-refractivity contribution >= 4 is 17.5 Å². The number of rotatable bonds is 7. The highest BCUT2D eigenvalue weighted by Crippen LogP contribution is 2.47. The molecule has 162 valence electrons. The van der Waals surface area contributed by atoms with Gasteiger partial charge < -0.3 is 20.3 Å². The van der Waals surface area contributed by atoms with Crippen molar-refractivity contribution in [2.45, 2.75) is 39.5 Å². The highest BCUT2D eigenvalue weighted by molar-refractivity contribution is 6.12. The van der Waals surface area contributed by atoms with Crippen LogP contribution in [0.4, 0.5) is 0 Å². The molecule has 2 atom stereocenters. The van der Waals surface area contributed by atoms with Gasteiger partial charge in [0.25, 0.3) is 0 Å². The number of fused-ring (bicyclic) bond motifs is 1. The van der Waals surface area contributed by atoms with Crippen molar-refractivity contribution in [3.8, 4) is 5.75 Å². The molecule has 0 radical (unpaired) electrons. The lowest BCUT2D eigenvalue weighted by Gasteiger charge is -2.41. The lowest BCUT2D eigenvalue weighted by Crippen LogP contribution is -2.44. The van der Waals surface area contributed by atoms with Crippen molar-refractivity contribution in [2.75, 3.05) is 26.4 Å². The van der Waals surface area contributed by atoms with Crippen LogP contribution >= 0.6 is 0 Å². The average molecular weight is 415 g/mol. The van der Waals surface area contributed by atoms with Gasteiger partial charge in [-0.1, -0.05) is 26.0 Å². The molecule has 1 aromatic rings. The topological polar surface area (TPSA) is 111 Å². The van der Waals surface area contributed by atoms with Crippen LogP contribution in [0.3, 0.4) is 0 Å². The Morgan fingerprint density at radius 1 is 1.30 bits per heavy atom. The predicted octanol–water partition coefficient (Wildman–Crippen LogP) is 2.73. The smallest absolute Gasteiger partial charge is 0.336 e. The Balaban J connectivity index is 2.18. The SMILES string of the molecule is CCOC(=O)C1=C(COCCN)N=C2CC(C)(C)CC(=O)C2C1c1cccc(O)c1. The molecule has 3 N–H and O–H groups in total. The Labute approximate surface area is 177 Å². The normalized spacial score (nSPS) is 23.1. The van der Waals surface area contributed by atoms with E-state index in [1.165, 1.54) is 0 Å². The summed E-state index contributed by atoms with van der Waals surface area (Å²) in [5.74, 6) is -1.54.